The number of hydrogen-bond acceptors (Lipinski definition) is 6. The van der Waals surface area contributed by atoms with Gasteiger partial charge in [-0.25, -0.2) is 19.6 Å². The number of carboxylic acids is 1. The molecule has 0 radical (unpaired) electrons. The van der Waals surface area contributed by atoms with Gasteiger partial charge >= 0.3 is 11.9 Å². The van der Waals surface area contributed by atoms with Gasteiger partial charge in [0.15, 0.2) is 5.69 Å². The fraction of sp³-hybridized carbons (Fsp3) is 0. The maximum atomic E-state index is 11.7. The minimum absolute atomic E-state index is 0.0643. The number of phenolic OH excluding ortho intramolecular Hbond substituents is 1. The van der Waals surface area contributed by atoms with Gasteiger partial charge in [-0.2, -0.15) is 0 Å². The second kappa shape index (κ2) is 5.13. The largest absolute Gasteiger partial charge is 0.508 e. The first-order valence-corrected chi connectivity index (χ1v) is 5.14. The second-order valence-electron chi connectivity index (χ2n) is 3.46. The highest BCUT2D eigenvalue weighted by atomic mass is 16.5. The van der Waals surface area contributed by atoms with Crippen LogP contribution in [0.25, 0.3) is 0 Å². The number of esters is 1. The maximum Gasteiger partial charge on any atom is 0.381 e. The molecule has 7 nitrogen and oxygen atoms in total. The van der Waals surface area contributed by atoms with Crippen molar-refractivity contribution in [1.82, 2.24) is 9.97 Å². The molecule has 1 aromatic carbocycles. The number of benzene rings is 1. The standard InChI is InChI=1S/C12H8N2O5/c15-7-2-1-3-8(6-7)19-12(18)10-13-5-4-9(14-10)11(16)17/h1-6,15H,(H,16,17). The van der Waals surface area contributed by atoms with Crippen molar-refractivity contribution >= 4 is 11.9 Å². The third-order valence-corrected chi connectivity index (χ3v) is 2.09. The molecule has 0 unspecified atom stereocenters. The number of carboxylic acid groups (broad SMARTS) is 1. The number of phenols is 1. The summed E-state index contributed by atoms with van der Waals surface area (Å²) in [7, 11) is 0. The van der Waals surface area contributed by atoms with Crippen LogP contribution in [0.5, 0.6) is 11.5 Å². The number of carbonyl (C=O) groups excluding carboxylic acids is 1. The highest BCUT2D eigenvalue weighted by molar-refractivity contribution is 5.90. The summed E-state index contributed by atoms with van der Waals surface area (Å²) in [6.45, 7) is 0. The molecule has 0 atom stereocenters. The molecule has 2 rings (SSSR count). The highest BCUT2D eigenvalue weighted by Gasteiger charge is 2.15. The molecular weight excluding hydrogens is 252 g/mol. The van der Waals surface area contributed by atoms with Crippen molar-refractivity contribution in [1.29, 1.82) is 0 Å². The lowest BCUT2D eigenvalue weighted by atomic mass is 10.3. The van der Waals surface area contributed by atoms with Gasteiger partial charge in [-0.1, -0.05) is 6.07 Å². The zero-order valence-electron chi connectivity index (χ0n) is 9.48. The molecule has 0 saturated heterocycles. The SMILES string of the molecule is O=C(O)c1ccnc(C(=O)Oc2cccc(O)c2)n1. The van der Waals surface area contributed by atoms with Crippen LogP contribution in [0.4, 0.5) is 0 Å². The van der Waals surface area contributed by atoms with Crippen molar-refractivity contribution in [3.63, 3.8) is 0 Å². The minimum atomic E-state index is -1.27. The Morgan fingerprint density at radius 3 is 2.68 bits per heavy atom. The number of aromatic hydroxyl groups is 1. The Hall–Kier alpha value is -2.96. The van der Waals surface area contributed by atoms with Crippen molar-refractivity contribution in [2.75, 3.05) is 0 Å². The normalized spacial score (nSPS) is 9.89. The average molecular weight is 260 g/mol. The van der Waals surface area contributed by atoms with Gasteiger partial charge in [-0.3, -0.25) is 0 Å². The number of nitrogens with zero attached hydrogens (tertiary/aromatic N) is 2. The smallest absolute Gasteiger partial charge is 0.381 e. The van der Waals surface area contributed by atoms with Crippen LogP contribution in [-0.2, 0) is 0 Å². The number of hydrogen-bond donors (Lipinski definition) is 2. The molecule has 0 bridgehead atoms. The lowest BCUT2D eigenvalue weighted by Gasteiger charge is -2.03. The predicted molar refractivity (Wildman–Crippen MR) is 62.1 cm³/mol. The van der Waals surface area contributed by atoms with E-state index < -0.39 is 11.9 Å². The van der Waals surface area contributed by atoms with Crippen molar-refractivity contribution in [3.8, 4) is 11.5 Å². The molecule has 0 fully saturated rings. The monoisotopic (exact) mass is 260 g/mol. The summed E-state index contributed by atoms with van der Waals surface area (Å²) in [5.74, 6) is -2.51. The van der Waals surface area contributed by atoms with E-state index in [0.717, 1.165) is 12.3 Å². The third kappa shape index (κ3) is 3.03. The lowest BCUT2D eigenvalue weighted by molar-refractivity contribution is 0.0688. The van der Waals surface area contributed by atoms with Crippen LogP contribution in [-0.4, -0.2) is 32.1 Å². The Labute approximate surface area is 107 Å². The second-order valence-corrected chi connectivity index (χ2v) is 3.46. The summed E-state index contributed by atoms with van der Waals surface area (Å²) < 4.78 is 4.90. The van der Waals surface area contributed by atoms with E-state index in [0.29, 0.717) is 0 Å². The Morgan fingerprint density at radius 2 is 2.00 bits per heavy atom. The molecule has 1 heterocycles. The van der Waals surface area contributed by atoms with Crippen LogP contribution >= 0.6 is 0 Å². The van der Waals surface area contributed by atoms with E-state index in [4.69, 9.17) is 9.84 Å². The zero-order chi connectivity index (χ0) is 13.8. The van der Waals surface area contributed by atoms with Crippen LogP contribution in [0.1, 0.15) is 21.1 Å². The molecular formula is C12H8N2O5. The van der Waals surface area contributed by atoms with Gasteiger partial charge in [0.05, 0.1) is 0 Å². The number of carbonyl (C=O) groups is 2. The summed E-state index contributed by atoms with van der Waals surface area (Å²) in [4.78, 5) is 29.6. The van der Waals surface area contributed by atoms with Gasteiger partial charge in [-0.15, -0.1) is 0 Å². The first-order chi connectivity index (χ1) is 9.06. The van der Waals surface area contributed by atoms with Crippen LogP contribution in [0, 0.1) is 0 Å². The van der Waals surface area contributed by atoms with Gasteiger partial charge in [0.2, 0.25) is 5.82 Å². The van der Waals surface area contributed by atoms with Gasteiger partial charge in [-0.05, 0) is 18.2 Å². The van der Waals surface area contributed by atoms with Gasteiger partial charge in [0, 0.05) is 12.3 Å². The van der Waals surface area contributed by atoms with E-state index >= 15 is 0 Å². The van der Waals surface area contributed by atoms with Gasteiger partial charge < -0.3 is 14.9 Å². The molecule has 0 aliphatic heterocycles. The number of rotatable bonds is 3. The summed E-state index contributed by atoms with van der Waals surface area (Å²) in [6.07, 6.45) is 1.15. The maximum absolute atomic E-state index is 11.7. The molecule has 2 aromatic rings. The van der Waals surface area contributed by atoms with Crippen LogP contribution < -0.4 is 4.74 Å². The van der Waals surface area contributed by atoms with Gasteiger partial charge in [0.1, 0.15) is 11.5 Å². The van der Waals surface area contributed by atoms with Crippen molar-refractivity contribution in [2.24, 2.45) is 0 Å². The summed E-state index contributed by atoms with van der Waals surface area (Å²) in [6, 6.07) is 6.76. The van der Waals surface area contributed by atoms with E-state index in [9.17, 15) is 14.7 Å². The number of ether oxygens (including phenoxy) is 1. The summed E-state index contributed by atoms with van der Waals surface area (Å²) in [5.41, 5.74) is -0.308. The quantitative estimate of drug-likeness (QED) is 0.628. The van der Waals surface area contributed by atoms with Crippen LogP contribution in [0.15, 0.2) is 36.5 Å². The Morgan fingerprint density at radius 1 is 1.21 bits per heavy atom. The predicted octanol–water partition coefficient (Wildman–Crippen LogP) is 1.10. The summed E-state index contributed by atoms with van der Waals surface area (Å²) >= 11 is 0. The van der Waals surface area contributed by atoms with Crippen molar-refractivity contribution < 1.29 is 24.5 Å². The molecule has 7 heteroatoms. The molecule has 0 aliphatic carbocycles. The fourth-order valence-corrected chi connectivity index (χ4v) is 1.28. The average Bonchev–Trinajstić information content (AvgIpc) is 2.39. The third-order valence-electron chi connectivity index (χ3n) is 2.09. The molecule has 2 N–H and O–H groups in total. The topological polar surface area (TPSA) is 110 Å². The fourth-order valence-electron chi connectivity index (χ4n) is 1.28. The number of aromatic nitrogens is 2. The Kier molecular flexibility index (Phi) is 3.37. The van der Waals surface area contributed by atoms with Crippen LogP contribution in [0.2, 0.25) is 0 Å². The summed E-state index contributed by atoms with van der Waals surface area (Å²) in [5, 5.41) is 18.0. The molecule has 0 spiro atoms. The zero-order valence-corrected chi connectivity index (χ0v) is 9.48. The Balaban J connectivity index is 2.20. The molecule has 0 saturated carbocycles. The molecule has 19 heavy (non-hydrogen) atoms. The number of aromatic carboxylic acids is 1. The molecule has 1 aromatic heterocycles. The van der Waals surface area contributed by atoms with Crippen molar-refractivity contribution in [2.45, 2.75) is 0 Å². The first kappa shape index (κ1) is 12.5. The van der Waals surface area contributed by atoms with E-state index in [1.807, 2.05) is 0 Å². The first-order valence-electron chi connectivity index (χ1n) is 5.14. The van der Waals surface area contributed by atoms with E-state index in [-0.39, 0.29) is 23.0 Å². The van der Waals surface area contributed by atoms with E-state index in [2.05, 4.69) is 9.97 Å². The van der Waals surface area contributed by atoms with E-state index in [1.54, 1.807) is 0 Å². The van der Waals surface area contributed by atoms with Gasteiger partial charge in [0.25, 0.3) is 0 Å². The lowest BCUT2D eigenvalue weighted by Crippen LogP contribution is -2.15. The molecule has 0 aliphatic rings. The molecule has 0 amide bonds. The molecule has 96 valence electrons. The Bertz CT molecular complexity index is 642. The van der Waals surface area contributed by atoms with Crippen molar-refractivity contribution in [3.05, 3.63) is 48.0 Å². The highest BCUT2D eigenvalue weighted by Crippen LogP contribution is 2.18. The van der Waals surface area contributed by atoms with E-state index in [1.165, 1.54) is 24.3 Å². The minimum Gasteiger partial charge on any atom is -0.508 e. The van der Waals surface area contributed by atoms with Crippen LogP contribution in [0.3, 0.4) is 0 Å².